The van der Waals surface area contributed by atoms with Gasteiger partial charge in [-0.1, -0.05) is 5.21 Å². The molecule has 98 valence electrons. The lowest BCUT2D eigenvalue weighted by Crippen LogP contribution is -2.37. The largest absolute Gasteiger partial charge is 0.366 e. The summed E-state index contributed by atoms with van der Waals surface area (Å²) in [4.78, 5) is 0. The van der Waals surface area contributed by atoms with E-state index in [4.69, 9.17) is 18.9 Å². The number of ether oxygens (including phenoxy) is 4. The van der Waals surface area contributed by atoms with Crippen molar-refractivity contribution in [2.75, 3.05) is 0 Å². The number of hydrogen-bond acceptors (Lipinski definition) is 6. The van der Waals surface area contributed by atoms with Crippen molar-refractivity contribution >= 4 is 0 Å². The predicted octanol–water partition coefficient (Wildman–Crippen LogP) is 0.0533. The minimum Gasteiger partial charge on any atom is -0.366 e. The standard InChI is InChI=1S/C11H15N3O4/c1-11(2)17-9-8-7(16-10(9)18-11)4-14-6(5-15-8)3-12-13-14/h3,7-10H,4-5H2,1-2H3/t7-,8-,9+,10+/m1/s1. The SMILES string of the molecule is CC1(C)O[C@@H]2O[C@@H]3Cn4nncc4CO[C@H]3[C@@H]2O1. The van der Waals surface area contributed by atoms with Crippen molar-refractivity contribution in [3.05, 3.63) is 11.9 Å². The van der Waals surface area contributed by atoms with Gasteiger partial charge in [0.05, 0.1) is 25.0 Å². The number of fused-ring (bicyclic) bond motifs is 4. The lowest BCUT2D eigenvalue weighted by Gasteiger charge is -2.23. The van der Waals surface area contributed by atoms with E-state index >= 15 is 0 Å². The first kappa shape index (κ1) is 10.9. The van der Waals surface area contributed by atoms with Gasteiger partial charge in [-0.3, -0.25) is 0 Å². The average molecular weight is 253 g/mol. The van der Waals surface area contributed by atoms with Crippen LogP contribution in [-0.2, 0) is 32.1 Å². The molecular weight excluding hydrogens is 238 g/mol. The summed E-state index contributed by atoms with van der Waals surface area (Å²) in [6.45, 7) is 4.87. The molecule has 0 aromatic carbocycles. The van der Waals surface area contributed by atoms with Gasteiger partial charge in [0.2, 0.25) is 0 Å². The molecule has 4 atom stereocenters. The first-order valence-electron chi connectivity index (χ1n) is 6.12. The fourth-order valence-corrected chi connectivity index (χ4v) is 2.79. The quantitative estimate of drug-likeness (QED) is 0.651. The molecule has 0 N–H and O–H groups in total. The molecule has 3 aliphatic rings. The molecule has 7 nitrogen and oxygen atoms in total. The van der Waals surface area contributed by atoms with Gasteiger partial charge >= 0.3 is 0 Å². The van der Waals surface area contributed by atoms with Gasteiger partial charge in [0.15, 0.2) is 12.1 Å². The first-order chi connectivity index (χ1) is 8.62. The molecule has 1 aromatic rings. The minimum atomic E-state index is -0.606. The molecule has 1 aromatic heterocycles. The minimum absolute atomic E-state index is 0.0981. The molecule has 0 amide bonds. The van der Waals surface area contributed by atoms with Crippen molar-refractivity contribution in [3.63, 3.8) is 0 Å². The summed E-state index contributed by atoms with van der Waals surface area (Å²) in [5.74, 6) is -0.606. The smallest absolute Gasteiger partial charge is 0.190 e. The second-order valence-electron chi connectivity index (χ2n) is 5.33. The Balaban J connectivity index is 1.60. The molecule has 18 heavy (non-hydrogen) atoms. The maximum Gasteiger partial charge on any atom is 0.190 e. The van der Waals surface area contributed by atoms with Crippen LogP contribution in [0.4, 0.5) is 0 Å². The third-order valence-electron chi connectivity index (χ3n) is 3.56. The maximum atomic E-state index is 5.89. The Morgan fingerprint density at radius 3 is 3.11 bits per heavy atom. The molecule has 2 saturated heterocycles. The normalized spacial score (nSPS) is 41.0. The van der Waals surface area contributed by atoms with Gasteiger partial charge in [0.25, 0.3) is 0 Å². The van der Waals surface area contributed by atoms with E-state index in [-0.39, 0.29) is 24.6 Å². The third kappa shape index (κ3) is 1.51. The van der Waals surface area contributed by atoms with E-state index in [2.05, 4.69) is 10.3 Å². The summed E-state index contributed by atoms with van der Waals surface area (Å²) < 4.78 is 25.1. The highest BCUT2D eigenvalue weighted by molar-refractivity contribution is 5.00. The van der Waals surface area contributed by atoms with E-state index in [1.807, 2.05) is 18.5 Å². The molecule has 7 heteroatoms. The van der Waals surface area contributed by atoms with Crippen molar-refractivity contribution in [1.29, 1.82) is 0 Å². The number of hydrogen-bond donors (Lipinski definition) is 0. The Bertz CT molecular complexity index is 475. The molecular formula is C11H15N3O4. The van der Waals surface area contributed by atoms with Crippen molar-refractivity contribution in [3.8, 4) is 0 Å². The van der Waals surface area contributed by atoms with Gasteiger partial charge in [-0.05, 0) is 13.8 Å². The van der Waals surface area contributed by atoms with E-state index < -0.39 is 5.79 Å². The second-order valence-corrected chi connectivity index (χ2v) is 5.33. The Morgan fingerprint density at radius 2 is 2.22 bits per heavy atom. The van der Waals surface area contributed by atoms with E-state index in [9.17, 15) is 0 Å². The lowest BCUT2D eigenvalue weighted by molar-refractivity contribution is -0.219. The lowest BCUT2D eigenvalue weighted by atomic mass is 10.1. The van der Waals surface area contributed by atoms with E-state index in [0.29, 0.717) is 13.2 Å². The zero-order valence-electron chi connectivity index (χ0n) is 10.3. The second kappa shape index (κ2) is 3.51. The van der Waals surface area contributed by atoms with Gasteiger partial charge in [-0.15, -0.1) is 5.10 Å². The van der Waals surface area contributed by atoms with Crippen LogP contribution in [0.1, 0.15) is 19.5 Å². The van der Waals surface area contributed by atoms with Crippen LogP contribution in [0.3, 0.4) is 0 Å². The van der Waals surface area contributed by atoms with Gasteiger partial charge in [0, 0.05) is 0 Å². The van der Waals surface area contributed by atoms with Gasteiger partial charge < -0.3 is 18.9 Å². The van der Waals surface area contributed by atoms with Crippen LogP contribution in [0.5, 0.6) is 0 Å². The highest BCUT2D eigenvalue weighted by atomic mass is 16.8. The fraction of sp³-hybridized carbons (Fsp3) is 0.818. The van der Waals surface area contributed by atoms with Crippen LogP contribution in [0.15, 0.2) is 6.20 Å². The molecule has 0 unspecified atom stereocenters. The maximum absolute atomic E-state index is 5.89. The zero-order valence-corrected chi connectivity index (χ0v) is 10.3. The Morgan fingerprint density at radius 1 is 1.33 bits per heavy atom. The van der Waals surface area contributed by atoms with E-state index in [0.717, 1.165) is 5.69 Å². The van der Waals surface area contributed by atoms with Crippen LogP contribution in [0, 0.1) is 0 Å². The number of nitrogens with zero attached hydrogens (tertiary/aromatic N) is 3. The number of aromatic nitrogens is 3. The molecule has 3 aliphatic heterocycles. The van der Waals surface area contributed by atoms with Crippen molar-refractivity contribution in [1.82, 2.24) is 15.0 Å². The Hall–Kier alpha value is -1.02. The summed E-state index contributed by atoms with van der Waals surface area (Å²) in [6.07, 6.45) is 0.995. The zero-order chi connectivity index (χ0) is 12.3. The van der Waals surface area contributed by atoms with Gasteiger partial charge in [-0.25, -0.2) is 4.68 Å². The molecule has 2 fully saturated rings. The fourth-order valence-electron chi connectivity index (χ4n) is 2.79. The number of rotatable bonds is 0. The summed E-state index contributed by atoms with van der Waals surface area (Å²) >= 11 is 0. The molecule has 4 heterocycles. The van der Waals surface area contributed by atoms with Crippen LogP contribution in [0.25, 0.3) is 0 Å². The molecule has 0 spiro atoms. The first-order valence-corrected chi connectivity index (χ1v) is 6.12. The average Bonchev–Trinajstić information content (AvgIpc) is 2.88. The van der Waals surface area contributed by atoms with Crippen LogP contribution in [0.2, 0.25) is 0 Å². The van der Waals surface area contributed by atoms with Crippen molar-refractivity contribution in [2.45, 2.75) is 57.4 Å². The van der Waals surface area contributed by atoms with Crippen molar-refractivity contribution in [2.24, 2.45) is 0 Å². The predicted molar refractivity (Wildman–Crippen MR) is 57.3 cm³/mol. The van der Waals surface area contributed by atoms with Gasteiger partial charge in [-0.2, -0.15) is 0 Å². The highest BCUT2D eigenvalue weighted by Crippen LogP contribution is 2.40. The molecule has 0 radical (unpaired) electrons. The third-order valence-corrected chi connectivity index (χ3v) is 3.56. The summed E-state index contributed by atoms with van der Waals surface area (Å²) in [7, 11) is 0. The Kier molecular flexibility index (Phi) is 2.12. The van der Waals surface area contributed by atoms with Gasteiger partial charge in [0.1, 0.15) is 18.3 Å². The monoisotopic (exact) mass is 253 g/mol. The van der Waals surface area contributed by atoms with E-state index in [1.165, 1.54) is 0 Å². The molecule has 0 saturated carbocycles. The molecule has 0 aliphatic carbocycles. The summed E-state index contributed by atoms with van der Waals surface area (Å²) in [5, 5.41) is 7.89. The van der Waals surface area contributed by atoms with Crippen LogP contribution in [-0.4, -0.2) is 45.4 Å². The summed E-state index contributed by atoms with van der Waals surface area (Å²) in [6, 6.07) is 0. The van der Waals surface area contributed by atoms with E-state index in [1.54, 1.807) is 6.20 Å². The molecule has 0 bridgehead atoms. The van der Waals surface area contributed by atoms with Crippen molar-refractivity contribution < 1.29 is 18.9 Å². The highest BCUT2D eigenvalue weighted by Gasteiger charge is 2.56. The summed E-state index contributed by atoms with van der Waals surface area (Å²) in [5.41, 5.74) is 0.961. The Labute approximate surface area is 104 Å². The molecule has 4 rings (SSSR count). The van der Waals surface area contributed by atoms with Crippen LogP contribution >= 0.6 is 0 Å². The topological polar surface area (TPSA) is 67.6 Å². The van der Waals surface area contributed by atoms with Crippen LogP contribution < -0.4 is 0 Å².